The Labute approximate surface area is 104 Å². The van der Waals surface area contributed by atoms with E-state index in [0.717, 1.165) is 5.69 Å². The first-order valence-corrected chi connectivity index (χ1v) is 5.74. The van der Waals surface area contributed by atoms with Gasteiger partial charge in [-0.25, -0.2) is 8.78 Å². The summed E-state index contributed by atoms with van der Waals surface area (Å²) in [4.78, 5) is 17.5. The van der Waals surface area contributed by atoms with Gasteiger partial charge in [-0.2, -0.15) is 0 Å². The zero-order valence-electron chi connectivity index (χ0n) is 10.1. The van der Waals surface area contributed by atoms with E-state index >= 15 is 0 Å². The van der Waals surface area contributed by atoms with Gasteiger partial charge in [0.05, 0.1) is 24.8 Å². The first-order valence-electron chi connectivity index (χ1n) is 5.74. The van der Waals surface area contributed by atoms with E-state index < -0.39 is 24.9 Å². The summed E-state index contributed by atoms with van der Waals surface area (Å²) in [6.45, 7) is -0.107. The zero-order valence-corrected chi connectivity index (χ0v) is 10.1. The summed E-state index contributed by atoms with van der Waals surface area (Å²) < 4.78 is 26.0. The van der Waals surface area contributed by atoms with Gasteiger partial charge < -0.3 is 4.90 Å². The van der Waals surface area contributed by atoms with Crippen molar-refractivity contribution in [2.45, 2.75) is 24.9 Å². The van der Waals surface area contributed by atoms with Crippen molar-refractivity contribution in [3.8, 4) is 0 Å². The van der Waals surface area contributed by atoms with Gasteiger partial charge in [0.15, 0.2) is 0 Å². The van der Waals surface area contributed by atoms with Gasteiger partial charge in [0.2, 0.25) is 5.91 Å². The molecule has 0 aliphatic carbocycles. The minimum absolute atomic E-state index is 0.321. The Hall–Kier alpha value is -1.56. The Morgan fingerprint density at radius 1 is 1.61 bits per heavy atom. The summed E-state index contributed by atoms with van der Waals surface area (Å²) in [5, 5.41) is 2.55. The number of pyridine rings is 1. The molecular formula is C12H15F2N3O. The molecule has 2 rings (SSSR count). The van der Waals surface area contributed by atoms with Crippen LogP contribution in [0.25, 0.3) is 0 Å². The van der Waals surface area contributed by atoms with Gasteiger partial charge in [0, 0.05) is 19.7 Å². The molecule has 1 N–H and O–H groups in total. The molecule has 1 atom stereocenters. The lowest BCUT2D eigenvalue weighted by Crippen LogP contribution is -2.41. The maximum Gasteiger partial charge on any atom is 0.262 e. The number of aromatic nitrogens is 1. The number of hydrogen-bond donors (Lipinski definition) is 1. The number of halogens is 2. The SMILES string of the molecule is CN(Cc1ccccn1)C(=O)C1CC(F)(F)CN1. The number of amides is 1. The number of rotatable bonds is 3. The number of hydrogen-bond acceptors (Lipinski definition) is 3. The first kappa shape index (κ1) is 12.9. The Balaban J connectivity index is 1.94. The van der Waals surface area contributed by atoms with E-state index in [1.165, 1.54) is 4.90 Å². The number of carbonyl (C=O) groups is 1. The fourth-order valence-electron chi connectivity index (χ4n) is 1.97. The molecule has 0 bridgehead atoms. The van der Waals surface area contributed by atoms with E-state index in [1.54, 1.807) is 25.4 Å². The molecule has 1 saturated heterocycles. The molecule has 98 valence electrons. The molecule has 1 fully saturated rings. The molecule has 1 aromatic heterocycles. The number of nitrogens with one attached hydrogen (secondary N) is 1. The highest BCUT2D eigenvalue weighted by Crippen LogP contribution is 2.25. The molecule has 4 nitrogen and oxygen atoms in total. The van der Waals surface area contributed by atoms with Gasteiger partial charge >= 0.3 is 0 Å². The Morgan fingerprint density at radius 2 is 2.39 bits per heavy atom. The predicted molar refractivity (Wildman–Crippen MR) is 62.1 cm³/mol. The quantitative estimate of drug-likeness (QED) is 0.877. The predicted octanol–water partition coefficient (Wildman–Crippen LogP) is 1.04. The Bertz CT molecular complexity index is 425. The van der Waals surface area contributed by atoms with Crippen LogP contribution >= 0.6 is 0 Å². The molecule has 1 aromatic rings. The van der Waals surface area contributed by atoms with Crippen LogP contribution in [0.4, 0.5) is 8.78 Å². The molecule has 1 amide bonds. The number of carbonyl (C=O) groups excluding carboxylic acids is 1. The smallest absolute Gasteiger partial charge is 0.262 e. The van der Waals surface area contributed by atoms with Gasteiger partial charge in [-0.15, -0.1) is 0 Å². The van der Waals surface area contributed by atoms with Crippen molar-refractivity contribution >= 4 is 5.91 Å². The first-order chi connectivity index (χ1) is 8.48. The summed E-state index contributed by atoms with van der Waals surface area (Å²) in [6, 6.07) is 4.60. The van der Waals surface area contributed by atoms with Crippen LogP contribution in [0.1, 0.15) is 12.1 Å². The van der Waals surface area contributed by atoms with Crippen molar-refractivity contribution in [3.05, 3.63) is 30.1 Å². The van der Waals surface area contributed by atoms with Crippen LogP contribution in [-0.4, -0.2) is 41.3 Å². The van der Waals surface area contributed by atoms with Crippen LogP contribution in [-0.2, 0) is 11.3 Å². The second kappa shape index (κ2) is 4.97. The van der Waals surface area contributed by atoms with Crippen LogP contribution in [0.15, 0.2) is 24.4 Å². The molecule has 1 aliphatic rings. The standard InChI is InChI=1S/C12H15F2N3O/c1-17(7-9-4-2-3-5-15-9)11(18)10-6-12(13,14)8-16-10/h2-5,10,16H,6-8H2,1H3. The second-order valence-corrected chi connectivity index (χ2v) is 4.51. The molecule has 18 heavy (non-hydrogen) atoms. The highest BCUT2D eigenvalue weighted by molar-refractivity contribution is 5.82. The lowest BCUT2D eigenvalue weighted by atomic mass is 10.1. The molecule has 0 saturated carbocycles. The summed E-state index contributed by atoms with van der Waals surface area (Å²) in [6.07, 6.45) is 1.20. The van der Waals surface area contributed by atoms with Crippen molar-refractivity contribution in [1.82, 2.24) is 15.2 Å². The maximum atomic E-state index is 13.0. The summed E-state index contributed by atoms with van der Waals surface area (Å²) in [5.74, 6) is -3.11. The van der Waals surface area contributed by atoms with Crippen LogP contribution < -0.4 is 5.32 Å². The van der Waals surface area contributed by atoms with Gasteiger partial charge in [0.1, 0.15) is 0 Å². The minimum atomic E-state index is -2.79. The van der Waals surface area contributed by atoms with E-state index in [2.05, 4.69) is 10.3 Å². The average Bonchev–Trinajstić information content (AvgIpc) is 2.70. The third-order valence-electron chi connectivity index (χ3n) is 2.91. The molecule has 2 heterocycles. The number of nitrogens with zero attached hydrogens (tertiary/aromatic N) is 2. The van der Waals surface area contributed by atoms with Crippen molar-refractivity contribution in [3.63, 3.8) is 0 Å². The van der Waals surface area contributed by atoms with E-state index in [-0.39, 0.29) is 5.91 Å². The normalized spacial score (nSPS) is 21.8. The van der Waals surface area contributed by atoms with Gasteiger partial charge in [-0.1, -0.05) is 6.07 Å². The fraction of sp³-hybridized carbons (Fsp3) is 0.500. The average molecular weight is 255 g/mol. The summed E-state index contributed by atoms with van der Waals surface area (Å²) in [5.41, 5.74) is 0.734. The van der Waals surface area contributed by atoms with Crippen LogP contribution in [0.3, 0.4) is 0 Å². The summed E-state index contributed by atoms with van der Waals surface area (Å²) in [7, 11) is 1.59. The van der Waals surface area contributed by atoms with E-state index in [1.807, 2.05) is 6.07 Å². The van der Waals surface area contributed by atoms with Gasteiger partial charge in [0.25, 0.3) is 5.92 Å². The topological polar surface area (TPSA) is 45.2 Å². The molecule has 1 aliphatic heterocycles. The molecule has 0 spiro atoms. The van der Waals surface area contributed by atoms with Crippen LogP contribution in [0.5, 0.6) is 0 Å². The molecule has 6 heteroatoms. The van der Waals surface area contributed by atoms with Gasteiger partial charge in [-0.3, -0.25) is 15.1 Å². The second-order valence-electron chi connectivity index (χ2n) is 4.51. The Kier molecular flexibility index (Phi) is 3.56. The molecule has 0 radical (unpaired) electrons. The fourth-order valence-corrected chi connectivity index (χ4v) is 1.97. The number of alkyl halides is 2. The van der Waals surface area contributed by atoms with Crippen molar-refractivity contribution in [2.24, 2.45) is 0 Å². The lowest BCUT2D eigenvalue weighted by Gasteiger charge is -2.20. The largest absolute Gasteiger partial charge is 0.338 e. The highest BCUT2D eigenvalue weighted by Gasteiger charge is 2.43. The van der Waals surface area contributed by atoms with Crippen molar-refractivity contribution < 1.29 is 13.6 Å². The summed E-state index contributed by atoms with van der Waals surface area (Å²) >= 11 is 0. The highest BCUT2D eigenvalue weighted by atomic mass is 19.3. The van der Waals surface area contributed by atoms with E-state index in [9.17, 15) is 13.6 Å². The van der Waals surface area contributed by atoms with Crippen LogP contribution in [0, 0.1) is 0 Å². The van der Waals surface area contributed by atoms with E-state index in [4.69, 9.17) is 0 Å². The van der Waals surface area contributed by atoms with Crippen molar-refractivity contribution in [1.29, 1.82) is 0 Å². The molecular weight excluding hydrogens is 240 g/mol. The third-order valence-corrected chi connectivity index (χ3v) is 2.91. The zero-order chi connectivity index (χ0) is 13.2. The molecule has 1 unspecified atom stereocenters. The van der Waals surface area contributed by atoms with E-state index in [0.29, 0.717) is 6.54 Å². The lowest BCUT2D eigenvalue weighted by molar-refractivity contribution is -0.133. The monoisotopic (exact) mass is 255 g/mol. The maximum absolute atomic E-state index is 13.0. The number of likely N-dealkylation sites (N-methyl/N-ethyl adjacent to an activating group) is 1. The molecule has 0 aromatic carbocycles. The third kappa shape index (κ3) is 3.01. The minimum Gasteiger partial charge on any atom is -0.338 e. The Morgan fingerprint density at radius 3 is 2.94 bits per heavy atom. The van der Waals surface area contributed by atoms with Gasteiger partial charge in [-0.05, 0) is 12.1 Å². The van der Waals surface area contributed by atoms with Crippen molar-refractivity contribution in [2.75, 3.05) is 13.6 Å². The van der Waals surface area contributed by atoms with Crippen LogP contribution in [0.2, 0.25) is 0 Å².